The molecule has 0 saturated carbocycles. The SMILES string of the molecule is CCCC(C)c1ncno1. The standard InChI is InChI=1S/C7H12N2O/c1-3-4-6(2)7-8-5-9-10-7/h5-6H,3-4H2,1-2H3. The van der Waals surface area contributed by atoms with Crippen molar-refractivity contribution in [3.63, 3.8) is 0 Å². The first kappa shape index (κ1) is 7.25. The molecule has 0 fully saturated rings. The minimum Gasteiger partial charge on any atom is -0.339 e. The molecule has 0 bridgehead atoms. The maximum atomic E-state index is 4.89. The van der Waals surface area contributed by atoms with E-state index in [9.17, 15) is 0 Å². The Hall–Kier alpha value is -0.860. The Kier molecular flexibility index (Phi) is 2.42. The zero-order valence-corrected chi connectivity index (χ0v) is 6.37. The topological polar surface area (TPSA) is 38.9 Å². The Morgan fingerprint density at radius 1 is 1.70 bits per heavy atom. The molecule has 0 aliphatic heterocycles. The van der Waals surface area contributed by atoms with Crippen molar-refractivity contribution in [2.24, 2.45) is 0 Å². The summed E-state index contributed by atoms with van der Waals surface area (Å²) in [4.78, 5) is 3.96. The zero-order chi connectivity index (χ0) is 7.40. The van der Waals surface area contributed by atoms with E-state index in [1.165, 1.54) is 6.33 Å². The molecule has 0 N–H and O–H groups in total. The third kappa shape index (κ3) is 1.56. The maximum absolute atomic E-state index is 4.89. The second-order valence-corrected chi connectivity index (χ2v) is 2.47. The molecular formula is C7H12N2O. The second-order valence-electron chi connectivity index (χ2n) is 2.47. The molecular weight excluding hydrogens is 128 g/mol. The third-order valence-corrected chi connectivity index (χ3v) is 1.52. The van der Waals surface area contributed by atoms with Crippen LogP contribution in [0.3, 0.4) is 0 Å². The lowest BCUT2D eigenvalue weighted by atomic mass is 10.1. The van der Waals surface area contributed by atoms with Crippen LogP contribution in [0.4, 0.5) is 0 Å². The van der Waals surface area contributed by atoms with Crippen LogP contribution < -0.4 is 0 Å². The van der Waals surface area contributed by atoms with Crippen LogP contribution in [-0.2, 0) is 0 Å². The monoisotopic (exact) mass is 140 g/mol. The zero-order valence-electron chi connectivity index (χ0n) is 6.37. The first-order valence-electron chi connectivity index (χ1n) is 3.61. The lowest BCUT2D eigenvalue weighted by Gasteiger charge is -2.01. The molecule has 1 atom stereocenters. The van der Waals surface area contributed by atoms with Gasteiger partial charge in [-0.05, 0) is 6.42 Å². The summed E-state index contributed by atoms with van der Waals surface area (Å²) in [7, 11) is 0. The highest BCUT2D eigenvalue weighted by molar-refractivity contribution is 4.84. The number of nitrogens with zero attached hydrogens (tertiary/aromatic N) is 2. The highest BCUT2D eigenvalue weighted by Crippen LogP contribution is 2.16. The molecule has 1 aromatic rings. The largest absolute Gasteiger partial charge is 0.339 e. The lowest BCUT2D eigenvalue weighted by Crippen LogP contribution is -1.91. The van der Waals surface area contributed by atoms with Crippen LogP contribution in [0.25, 0.3) is 0 Å². The molecule has 3 heteroatoms. The first-order chi connectivity index (χ1) is 4.84. The van der Waals surface area contributed by atoms with Gasteiger partial charge < -0.3 is 4.52 Å². The van der Waals surface area contributed by atoms with E-state index in [4.69, 9.17) is 4.52 Å². The molecule has 0 aromatic carbocycles. The van der Waals surface area contributed by atoms with Gasteiger partial charge in [-0.15, -0.1) is 0 Å². The summed E-state index contributed by atoms with van der Waals surface area (Å²) in [6.07, 6.45) is 3.72. The molecule has 56 valence electrons. The molecule has 10 heavy (non-hydrogen) atoms. The summed E-state index contributed by atoms with van der Waals surface area (Å²) in [6, 6.07) is 0. The number of aromatic nitrogens is 2. The molecule has 1 heterocycles. The number of hydrogen-bond donors (Lipinski definition) is 0. The van der Waals surface area contributed by atoms with Crippen molar-refractivity contribution < 1.29 is 4.52 Å². The fraction of sp³-hybridized carbons (Fsp3) is 0.714. The van der Waals surface area contributed by atoms with Crippen LogP contribution in [0.15, 0.2) is 10.9 Å². The average molecular weight is 140 g/mol. The van der Waals surface area contributed by atoms with E-state index in [0.717, 1.165) is 18.7 Å². The van der Waals surface area contributed by atoms with Gasteiger partial charge in [0.15, 0.2) is 6.33 Å². The van der Waals surface area contributed by atoms with Gasteiger partial charge in [0.05, 0.1) is 0 Å². The van der Waals surface area contributed by atoms with Crippen molar-refractivity contribution in [2.75, 3.05) is 0 Å². The molecule has 1 unspecified atom stereocenters. The normalized spacial score (nSPS) is 13.4. The van der Waals surface area contributed by atoms with Gasteiger partial charge in [-0.2, -0.15) is 4.98 Å². The van der Waals surface area contributed by atoms with Gasteiger partial charge in [-0.1, -0.05) is 25.4 Å². The Morgan fingerprint density at radius 3 is 3.00 bits per heavy atom. The summed E-state index contributed by atoms with van der Waals surface area (Å²) in [5.41, 5.74) is 0. The maximum Gasteiger partial charge on any atom is 0.229 e. The minimum absolute atomic E-state index is 0.410. The molecule has 0 spiro atoms. The molecule has 3 nitrogen and oxygen atoms in total. The molecule has 0 aliphatic carbocycles. The summed E-state index contributed by atoms with van der Waals surface area (Å²) >= 11 is 0. The first-order valence-corrected chi connectivity index (χ1v) is 3.61. The quantitative estimate of drug-likeness (QED) is 0.644. The van der Waals surface area contributed by atoms with Gasteiger partial charge in [0, 0.05) is 5.92 Å². The summed E-state index contributed by atoms with van der Waals surface area (Å²) in [5.74, 6) is 1.16. The van der Waals surface area contributed by atoms with Gasteiger partial charge in [0.1, 0.15) is 0 Å². The fourth-order valence-electron chi connectivity index (χ4n) is 0.955. The Morgan fingerprint density at radius 2 is 2.50 bits per heavy atom. The fourth-order valence-corrected chi connectivity index (χ4v) is 0.955. The molecule has 0 aliphatic rings. The highest BCUT2D eigenvalue weighted by Gasteiger charge is 2.08. The Bertz CT molecular complexity index is 172. The van der Waals surface area contributed by atoms with Crippen LogP contribution in [0.1, 0.15) is 38.5 Å². The number of hydrogen-bond acceptors (Lipinski definition) is 3. The van der Waals surface area contributed by atoms with Crippen LogP contribution >= 0.6 is 0 Å². The van der Waals surface area contributed by atoms with Crippen LogP contribution in [-0.4, -0.2) is 10.1 Å². The van der Waals surface area contributed by atoms with E-state index in [1.54, 1.807) is 0 Å². The molecule has 0 radical (unpaired) electrons. The van der Waals surface area contributed by atoms with E-state index >= 15 is 0 Å². The van der Waals surface area contributed by atoms with Crippen molar-refractivity contribution in [3.8, 4) is 0 Å². The Balaban J connectivity index is 2.50. The van der Waals surface area contributed by atoms with Gasteiger partial charge in [0.2, 0.25) is 5.89 Å². The average Bonchev–Trinajstić information content (AvgIpc) is 2.38. The van der Waals surface area contributed by atoms with Crippen molar-refractivity contribution in [3.05, 3.63) is 12.2 Å². The van der Waals surface area contributed by atoms with Crippen molar-refractivity contribution in [1.29, 1.82) is 0 Å². The van der Waals surface area contributed by atoms with Gasteiger partial charge in [0.25, 0.3) is 0 Å². The molecule has 1 rings (SSSR count). The smallest absolute Gasteiger partial charge is 0.229 e. The summed E-state index contributed by atoms with van der Waals surface area (Å²) in [6.45, 7) is 4.24. The van der Waals surface area contributed by atoms with Crippen LogP contribution in [0, 0.1) is 0 Å². The molecule has 0 amide bonds. The highest BCUT2D eigenvalue weighted by atomic mass is 16.5. The van der Waals surface area contributed by atoms with E-state index in [1.807, 2.05) is 0 Å². The van der Waals surface area contributed by atoms with E-state index < -0.39 is 0 Å². The van der Waals surface area contributed by atoms with E-state index in [-0.39, 0.29) is 0 Å². The van der Waals surface area contributed by atoms with Crippen LogP contribution in [0.5, 0.6) is 0 Å². The third-order valence-electron chi connectivity index (χ3n) is 1.52. The van der Waals surface area contributed by atoms with Gasteiger partial charge in [-0.25, -0.2) is 0 Å². The van der Waals surface area contributed by atoms with E-state index in [0.29, 0.717) is 5.92 Å². The van der Waals surface area contributed by atoms with Crippen molar-refractivity contribution >= 4 is 0 Å². The molecule has 1 aromatic heterocycles. The van der Waals surface area contributed by atoms with Gasteiger partial charge in [-0.3, -0.25) is 0 Å². The van der Waals surface area contributed by atoms with E-state index in [2.05, 4.69) is 24.0 Å². The minimum atomic E-state index is 0.410. The van der Waals surface area contributed by atoms with Crippen molar-refractivity contribution in [1.82, 2.24) is 10.1 Å². The molecule has 0 saturated heterocycles. The predicted molar refractivity (Wildman–Crippen MR) is 37.6 cm³/mol. The summed E-state index contributed by atoms with van der Waals surface area (Å²) in [5, 5.41) is 3.54. The van der Waals surface area contributed by atoms with Crippen LogP contribution in [0.2, 0.25) is 0 Å². The van der Waals surface area contributed by atoms with Crippen molar-refractivity contribution in [2.45, 2.75) is 32.6 Å². The predicted octanol–water partition coefficient (Wildman–Crippen LogP) is 1.97. The lowest BCUT2D eigenvalue weighted by molar-refractivity contribution is 0.352. The second kappa shape index (κ2) is 3.34. The van der Waals surface area contributed by atoms with Gasteiger partial charge >= 0.3 is 0 Å². The Labute approximate surface area is 60.4 Å². The number of rotatable bonds is 3. The summed E-state index contributed by atoms with van der Waals surface area (Å²) < 4.78 is 4.89.